The third kappa shape index (κ3) is 7.11. The molecule has 0 spiro atoms. The Hall–Kier alpha value is -0.130. The summed E-state index contributed by atoms with van der Waals surface area (Å²) in [5.41, 5.74) is 0. The summed E-state index contributed by atoms with van der Waals surface area (Å²) in [5, 5.41) is 3.33. The van der Waals surface area contributed by atoms with E-state index in [0.717, 1.165) is 45.3 Å². The van der Waals surface area contributed by atoms with E-state index in [4.69, 9.17) is 0 Å². The van der Waals surface area contributed by atoms with E-state index in [1.54, 1.807) is 4.31 Å². The Morgan fingerprint density at radius 1 is 1.10 bits per heavy atom. The van der Waals surface area contributed by atoms with Crippen LogP contribution in [0.5, 0.6) is 0 Å². The largest absolute Gasteiger partial charge is 0.315 e. The van der Waals surface area contributed by atoms with Crippen LogP contribution in [0.3, 0.4) is 0 Å². The first-order valence-electron chi connectivity index (χ1n) is 8.54. The summed E-state index contributed by atoms with van der Waals surface area (Å²) in [6, 6.07) is 0.472. The zero-order chi connectivity index (χ0) is 15.9. The number of sulfonamides is 1. The van der Waals surface area contributed by atoms with E-state index < -0.39 is 10.0 Å². The molecule has 0 aromatic carbocycles. The molecule has 0 aromatic heterocycles. The van der Waals surface area contributed by atoms with Gasteiger partial charge in [0.1, 0.15) is 0 Å². The smallest absolute Gasteiger partial charge is 0.214 e. The van der Waals surface area contributed by atoms with Gasteiger partial charge in [-0.25, -0.2) is 12.7 Å². The number of hydrogen-bond donors (Lipinski definition) is 1. The number of nitrogens with zero attached hydrogens (tertiary/aromatic N) is 1. The Balaban J connectivity index is 2.36. The summed E-state index contributed by atoms with van der Waals surface area (Å²) >= 11 is 0. The van der Waals surface area contributed by atoms with E-state index in [1.807, 2.05) is 0 Å². The Morgan fingerprint density at radius 3 is 2.43 bits per heavy atom. The molecule has 21 heavy (non-hydrogen) atoms. The van der Waals surface area contributed by atoms with Gasteiger partial charge in [0, 0.05) is 19.1 Å². The highest BCUT2D eigenvalue weighted by atomic mass is 32.2. The van der Waals surface area contributed by atoms with Crippen LogP contribution in [0.15, 0.2) is 0 Å². The van der Waals surface area contributed by atoms with Crippen LogP contribution in [-0.2, 0) is 10.0 Å². The lowest BCUT2D eigenvalue weighted by Gasteiger charge is -2.21. The normalized spacial score (nSPS) is 21.9. The van der Waals surface area contributed by atoms with Gasteiger partial charge in [0.25, 0.3) is 0 Å². The zero-order valence-electron chi connectivity index (χ0n) is 14.3. The lowest BCUT2D eigenvalue weighted by molar-refractivity contribution is 0.340. The van der Waals surface area contributed by atoms with Crippen LogP contribution >= 0.6 is 0 Å². The van der Waals surface area contributed by atoms with Crippen LogP contribution in [0, 0.1) is 11.8 Å². The standard InChI is InChI=1S/C16H34N2O2S/c1-14(2)16-8-7-11-18(12-9-16)21(19,20)13-6-5-10-17-15(3)4/h14-17H,5-13H2,1-4H3. The molecule has 0 amide bonds. The van der Waals surface area contributed by atoms with Gasteiger partial charge in [-0.15, -0.1) is 0 Å². The molecular weight excluding hydrogens is 284 g/mol. The van der Waals surface area contributed by atoms with Gasteiger partial charge in [-0.3, -0.25) is 0 Å². The van der Waals surface area contributed by atoms with E-state index in [9.17, 15) is 8.42 Å². The molecule has 1 heterocycles. The van der Waals surface area contributed by atoms with Gasteiger partial charge in [-0.2, -0.15) is 0 Å². The minimum Gasteiger partial charge on any atom is -0.315 e. The Labute approximate surface area is 131 Å². The number of unbranched alkanes of at least 4 members (excludes halogenated alkanes) is 1. The van der Waals surface area contributed by atoms with Gasteiger partial charge in [0.15, 0.2) is 0 Å². The third-order valence-corrected chi connectivity index (χ3v) is 6.41. The Kier molecular flexibility index (Phi) is 8.21. The number of rotatable bonds is 8. The molecule has 0 radical (unpaired) electrons. The highest BCUT2D eigenvalue weighted by Crippen LogP contribution is 2.25. The molecule has 4 nitrogen and oxygen atoms in total. The lowest BCUT2D eigenvalue weighted by atomic mass is 9.89. The Morgan fingerprint density at radius 2 is 1.81 bits per heavy atom. The van der Waals surface area contributed by atoms with E-state index in [0.29, 0.717) is 23.6 Å². The van der Waals surface area contributed by atoms with Crippen LogP contribution in [0.25, 0.3) is 0 Å². The van der Waals surface area contributed by atoms with Crippen molar-refractivity contribution in [2.24, 2.45) is 11.8 Å². The summed E-state index contributed by atoms with van der Waals surface area (Å²) < 4.78 is 26.6. The highest BCUT2D eigenvalue weighted by Gasteiger charge is 2.26. The third-order valence-electron chi connectivity index (χ3n) is 4.45. The van der Waals surface area contributed by atoms with Gasteiger partial charge in [0.05, 0.1) is 5.75 Å². The predicted octanol–water partition coefficient (Wildman–Crippen LogP) is 2.85. The van der Waals surface area contributed by atoms with Crippen molar-refractivity contribution in [2.75, 3.05) is 25.4 Å². The second-order valence-electron chi connectivity index (χ2n) is 6.97. The molecule has 0 bridgehead atoms. The van der Waals surface area contributed by atoms with Crippen molar-refractivity contribution in [3.05, 3.63) is 0 Å². The van der Waals surface area contributed by atoms with Gasteiger partial charge < -0.3 is 5.32 Å². The number of hydrogen-bond acceptors (Lipinski definition) is 3. The zero-order valence-corrected chi connectivity index (χ0v) is 15.1. The van der Waals surface area contributed by atoms with Gasteiger partial charge >= 0.3 is 0 Å². The van der Waals surface area contributed by atoms with Crippen LogP contribution in [0.1, 0.15) is 59.8 Å². The van der Waals surface area contributed by atoms with Crippen LogP contribution in [-0.4, -0.2) is 44.2 Å². The van der Waals surface area contributed by atoms with Crippen molar-refractivity contribution in [1.29, 1.82) is 0 Å². The molecular formula is C16H34N2O2S. The monoisotopic (exact) mass is 318 g/mol. The van der Waals surface area contributed by atoms with Crippen molar-refractivity contribution in [2.45, 2.75) is 65.8 Å². The summed E-state index contributed by atoms with van der Waals surface area (Å²) in [6.07, 6.45) is 4.89. The van der Waals surface area contributed by atoms with E-state index in [-0.39, 0.29) is 0 Å². The first-order valence-corrected chi connectivity index (χ1v) is 10.1. The number of nitrogens with one attached hydrogen (secondary N) is 1. The van der Waals surface area contributed by atoms with E-state index >= 15 is 0 Å². The molecule has 1 N–H and O–H groups in total. The summed E-state index contributed by atoms with van der Waals surface area (Å²) in [4.78, 5) is 0. The lowest BCUT2D eigenvalue weighted by Crippen LogP contribution is -2.34. The molecule has 0 aromatic rings. The van der Waals surface area contributed by atoms with Crippen LogP contribution in [0.4, 0.5) is 0 Å². The first-order chi connectivity index (χ1) is 9.83. The van der Waals surface area contributed by atoms with Crippen molar-refractivity contribution >= 4 is 10.0 Å². The summed E-state index contributed by atoms with van der Waals surface area (Å²) in [6.45, 7) is 11.1. The molecule has 5 heteroatoms. The maximum atomic E-state index is 12.4. The van der Waals surface area contributed by atoms with Gasteiger partial charge in [0.2, 0.25) is 10.0 Å². The maximum Gasteiger partial charge on any atom is 0.214 e. The molecule has 0 saturated carbocycles. The van der Waals surface area contributed by atoms with Crippen LogP contribution < -0.4 is 5.32 Å². The van der Waals surface area contributed by atoms with Gasteiger partial charge in [-0.1, -0.05) is 27.7 Å². The minimum atomic E-state index is -3.05. The molecule has 1 aliphatic rings. The molecule has 126 valence electrons. The molecule has 1 fully saturated rings. The van der Waals surface area contributed by atoms with Crippen molar-refractivity contribution in [3.63, 3.8) is 0 Å². The molecule has 1 unspecified atom stereocenters. The average Bonchev–Trinajstić information content (AvgIpc) is 2.64. The fourth-order valence-electron chi connectivity index (χ4n) is 2.97. The summed E-state index contributed by atoms with van der Waals surface area (Å²) in [5.74, 6) is 1.65. The van der Waals surface area contributed by atoms with Gasteiger partial charge in [-0.05, 0) is 50.5 Å². The SMILES string of the molecule is CC(C)NCCCCS(=O)(=O)N1CCCC(C(C)C)CC1. The molecule has 0 aliphatic carbocycles. The molecule has 1 rings (SSSR count). The molecule has 1 atom stereocenters. The highest BCUT2D eigenvalue weighted by molar-refractivity contribution is 7.89. The fraction of sp³-hybridized carbons (Fsp3) is 1.00. The topological polar surface area (TPSA) is 49.4 Å². The first kappa shape index (κ1) is 18.9. The van der Waals surface area contributed by atoms with Crippen LogP contribution in [0.2, 0.25) is 0 Å². The maximum absolute atomic E-state index is 12.4. The minimum absolute atomic E-state index is 0.305. The summed E-state index contributed by atoms with van der Waals surface area (Å²) in [7, 11) is -3.05. The second-order valence-corrected chi connectivity index (χ2v) is 9.05. The molecule has 1 saturated heterocycles. The second kappa shape index (κ2) is 9.11. The molecule has 1 aliphatic heterocycles. The average molecular weight is 319 g/mol. The fourth-order valence-corrected chi connectivity index (χ4v) is 4.59. The Bertz CT molecular complexity index is 380. The van der Waals surface area contributed by atoms with Crippen molar-refractivity contribution in [1.82, 2.24) is 9.62 Å². The van der Waals surface area contributed by atoms with Crippen molar-refractivity contribution in [3.8, 4) is 0 Å². The van der Waals surface area contributed by atoms with E-state index in [1.165, 1.54) is 6.42 Å². The quantitative estimate of drug-likeness (QED) is 0.700. The predicted molar refractivity (Wildman–Crippen MR) is 89.9 cm³/mol. The van der Waals surface area contributed by atoms with Crippen molar-refractivity contribution < 1.29 is 8.42 Å². The van der Waals surface area contributed by atoms with E-state index in [2.05, 4.69) is 33.0 Å².